The fraction of sp³-hybridized carbons (Fsp3) is 0.417. The molecule has 0 atom stereocenters. The molecule has 0 aromatic heterocycles. The van der Waals surface area contributed by atoms with Crippen LogP contribution < -0.4 is 10.2 Å². The Hall–Kier alpha value is -2.66. The maximum absolute atomic E-state index is 12.8. The van der Waals surface area contributed by atoms with Gasteiger partial charge in [0, 0.05) is 25.6 Å². The van der Waals surface area contributed by atoms with Crippen LogP contribution in [0.15, 0.2) is 48.5 Å². The lowest BCUT2D eigenvalue weighted by atomic mass is 10.1. The Bertz CT molecular complexity index is 874. The molecule has 4 rings (SSSR count). The molecule has 2 amide bonds. The molecular weight excluding hydrogens is 362 g/mol. The Morgan fingerprint density at radius 1 is 1.10 bits per heavy atom. The summed E-state index contributed by atoms with van der Waals surface area (Å²) in [4.78, 5) is 29.0. The first-order valence-corrected chi connectivity index (χ1v) is 10.6. The minimum absolute atomic E-state index is 0.0267. The van der Waals surface area contributed by atoms with E-state index in [1.807, 2.05) is 24.3 Å². The number of benzene rings is 2. The second-order valence-corrected chi connectivity index (χ2v) is 8.02. The average molecular weight is 392 g/mol. The molecule has 2 aromatic rings. The van der Waals surface area contributed by atoms with Crippen LogP contribution in [0.4, 0.5) is 11.4 Å². The number of aryl methyl sites for hydroxylation is 1. The fourth-order valence-electron chi connectivity index (χ4n) is 3.96. The summed E-state index contributed by atoms with van der Waals surface area (Å²) >= 11 is 0. The van der Waals surface area contributed by atoms with Crippen molar-refractivity contribution in [2.45, 2.75) is 51.6 Å². The van der Waals surface area contributed by atoms with E-state index < -0.39 is 0 Å². The molecule has 1 N–H and O–H groups in total. The van der Waals surface area contributed by atoms with E-state index in [1.54, 1.807) is 4.90 Å². The van der Waals surface area contributed by atoms with Crippen molar-refractivity contribution in [2.75, 3.05) is 23.3 Å². The zero-order chi connectivity index (χ0) is 20.2. The molecule has 2 aromatic carbocycles. The Morgan fingerprint density at radius 2 is 1.83 bits per heavy atom. The van der Waals surface area contributed by atoms with Gasteiger partial charge in [0.1, 0.15) is 0 Å². The van der Waals surface area contributed by atoms with Crippen molar-refractivity contribution in [1.29, 1.82) is 0 Å². The standard InChI is InChI=1S/C24H29N3O2/c1-2-18-9-11-19(12-10-18)16-26(20-13-14-20)17-23(28)25-21-6-3-4-7-22(21)27-15-5-8-24(27)29/h3-4,6-7,9-12,20H,2,5,8,13-17H2,1H3,(H,25,28). The van der Waals surface area contributed by atoms with Gasteiger partial charge in [-0.3, -0.25) is 14.5 Å². The van der Waals surface area contributed by atoms with Crippen LogP contribution in [0.3, 0.4) is 0 Å². The van der Waals surface area contributed by atoms with Crippen molar-refractivity contribution in [3.63, 3.8) is 0 Å². The van der Waals surface area contributed by atoms with Gasteiger partial charge in [-0.2, -0.15) is 0 Å². The number of para-hydroxylation sites is 2. The third-order valence-corrected chi connectivity index (χ3v) is 5.77. The van der Waals surface area contributed by atoms with Crippen LogP contribution in [0.2, 0.25) is 0 Å². The van der Waals surface area contributed by atoms with Gasteiger partial charge in [-0.15, -0.1) is 0 Å². The van der Waals surface area contributed by atoms with Crippen LogP contribution in [0.5, 0.6) is 0 Å². The molecule has 0 unspecified atom stereocenters. The molecule has 2 fully saturated rings. The molecule has 5 heteroatoms. The third-order valence-electron chi connectivity index (χ3n) is 5.77. The van der Waals surface area contributed by atoms with Crippen molar-refractivity contribution in [1.82, 2.24) is 4.90 Å². The minimum Gasteiger partial charge on any atom is -0.323 e. The molecule has 29 heavy (non-hydrogen) atoms. The Balaban J connectivity index is 1.42. The summed E-state index contributed by atoms with van der Waals surface area (Å²) in [7, 11) is 0. The summed E-state index contributed by atoms with van der Waals surface area (Å²) in [6, 6.07) is 16.8. The number of amides is 2. The normalized spacial score (nSPS) is 16.5. The van der Waals surface area contributed by atoms with Crippen LogP contribution in [-0.2, 0) is 22.6 Å². The molecule has 1 saturated heterocycles. The van der Waals surface area contributed by atoms with E-state index >= 15 is 0 Å². The molecule has 1 heterocycles. The Morgan fingerprint density at radius 3 is 2.48 bits per heavy atom. The molecular formula is C24H29N3O2. The zero-order valence-corrected chi connectivity index (χ0v) is 17.1. The molecule has 0 bridgehead atoms. The molecule has 2 aliphatic rings. The van der Waals surface area contributed by atoms with E-state index in [0.29, 0.717) is 25.6 Å². The second kappa shape index (κ2) is 8.78. The van der Waals surface area contributed by atoms with Crippen molar-refractivity contribution < 1.29 is 9.59 Å². The molecule has 0 spiro atoms. The predicted molar refractivity (Wildman–Crippen MR) is 116 cm³/mol. The minimum atomic E-state index is -0.0267. The summed E-state index contributed by atoms with van der Waals surface area (Å²) in [6.07, 6.45) is 4.79. The highest BCUT2D eigenvalue weighted by Crippen LogP contribution is 2.31. The number of carbonyl (C=O) groups is 2. The summed E-state index contributed by atoms with van der Waals surface area (Å²) < 4.78 is 0. The molecule has 1 aliphatic carbocycles. The van der Waals surface area contributed by atoms with E-state index in [1.165, 1.54) is 11.1 Å². The first kappa shape index (κ1) is 19.6. The zero-order valence-electron chi connectivity index (χ0n) is 17.1. The monoisotopic (exact) mass is 391 g/mol. The van der Waals surface area contributed by atoms with Gasteiger partial charge in [0.25, 0.3) is 0 Å². The third kappa shape index (κ3) is 4.85. The van der Waals surface area contributed by atoms with Gasteiger partial charge in [0.15, 0.2) is 0 Å². The van der Waals surface area contributed by atoms with Gasteiger partial charge in [-0.05, 0) is 48.9 Å². The highest BCUT2D eigenvalue weighted by Gasteiger charge is 2.31. The number of nitrogens with zero attached hydrogens (tertiary/aromatic N) is 2. The lowest BCUT2D eigenvalue weighted by molar-refractivity contribution is -0.118. The maximum Gasteiger partial charge on any atom is 0.238 e. The maximum atomic E-state index is 12.8. The quantitative estimate of drug-likeness (QED) is 0.741. The van der Waals surface area contributed by atoms with Gasteiger partial charge in [-0.1, -0.05) is 43.3 Å². The van der Waals surface area contributed by atoms with E-state index in [0.717, 1.165) is 43.6 Å². The number of rotatable bonds is 8. The summed E-state index contributed by atoms with van der Waals surface area (Å²) in [5.74, 6) is 0.100. The molecule has 1 aliphatic heterocycles. The van der Waals surface area contributed by atoms with Crippen molar-refractivity contribution >= 4 is 23.2 Å². The highest BCUT2D eigenvalue weighted by molar-refractivity contribution is 6.02. The summed E-state index contributed by atoms with van der Waals surface area (Å²) in [6.45, 7) is 4.02. The van der Waals surface area contributed by atoms with Crippen LogP contribution in [0.25, 0.3) is 0 Å². The van der Waals surface area contributed by atoms with Gasteiger partial charge >= 0.3 is 0 Å². The van der Waals surface area contributed by atoms with E-state index in [9.17, 15) is 9.59 Å². The lowest BCUT2D eigenvalue weighted by Crippen LogP contribution is -2.35. The number of hydrogen-bond acceptors (Lipinski definition) is 3. The van der Waals surface area contributed by atoms with Gasteiger partial charge in [0.2, 0.25) is 11.8 Å². The van der Waals surface area contributed by atoms with Gasteiger partial charge in [0.05, 0.1) is 17.9 Å². The van der Waals surface area contributed by atoms with Gasteiger partial charge in [-0.25, -0.2) is 0 Å². The number of anilines is 2. The first-order chi connectivity index (χ1) is 14.1. The van der Waals surface area contributed by atoms with E-state index in [-0.39, 0.29) is 11.8 Å². The number of carbonyl (C=O) groups excluding carboxylic acids is 2. The summed E-state index contributed by atoms with van der Waals surface area (Å²) in [5.41, 5.74) is 4.09. The molecule has 0 radical (unpaired) electrons. The largest absolute Gasteiger partial charge is 0.323 e. The average Bonchev–Trinajstić information content (AvgIpc) is 3.50. The van der Waals surface area contributed by atoms with Crippen molar-refractivity contribution in [3.05, 3.63) is 59.7 Å². The van der Waals surface area contributed by atoms with Crippen LogP contribution in [-0.4, -0.2) is 35.8 Å². The number of hydrogen-bond donors (Lipinski definition) is 1. The SMILES string of the molecule is CCc1ccc(CN(CC(=O)Nc2ccccc2N2CCCC2=O)C2CC2)cc1. The van der Waals surface area contributed by atoms with E-state index in [2.05, 4.69) is 41.4 Å². The van der Waals surface area contributed by atoms with Crippen molar-refractivity contribution in [2.24, 2.45) is 0 Å². The van der Waals surface area contributed by atoms with E-state index in [4.69, 9.17) is 0 Å². The highest BCUT2D eigenvalue weighted by atomic mass is 16.2. The smallest absolute Gasteiger partial charge is 0.238 e. The topological polar surface area (TPSA) is 52.7 Å². The fourth-order valence-corrected chi connectivity index (χ4v) is 3.96. The summed E-state index contributed by atoms with van der Waals surface area (Å²) in [5, 5.41) is 3.05. The van der Waals surface area contributed by atoms with Gasteiger partial charge < -0.3 is 10.2 Å². The molecule has 152 valence electrons. The predicted octanol–water partition coefficient (Wildman–Crippen LogP) is 3.98. The molecule has 5 nitrogen and oxygen atoms in total. The first-order valence-electron chi connectivity index (χ1n) is 10.6. The Kier molecular flexibility index (Phi) is 5.95. The second-order valence-electron chi connectivity index (χ2n) is 8.02. The van der Waals surface area contributed by atoms with Crippen molar-refractivity contribution in [3.8, 4) is 0 Å². The lowest BCUT2D eigenvalue weighted by Gasteiger charge is -2.23. The Labute approximate surface area is 172 Å². The number of nitrogens with one attached hydrogen (secondary N) is 1. The van der Waals surface area contributed by atoms with Crippen LogP contribution in [0.1, 0.15) is 43.7 Å². The molecule has 1 saturated carbocycles. The van der Waals surface area contributed by atoms with Crippen LogP contribution >= 0.6 is 0 Å². The van der Waals surface area contributed by atoms with Crippen LogP contribution in [0, 0.1) is 0 Å².